The van der Waals surface area contributed by atoms with Crippen LogP contribution in [-0.4, -0.2) is 23.8 Å². The molecule has 5 nitrogen and oxygen atoms in total. The highest BCUT2D eigenvalue weighted by Crippen LogP contribution is 2.28. The van der Waals surface area contributed by atoms with Crippen molar-refractivity contribution in [2.75, 3.05) is 11.4 Å². The molecule has 0 radical (unpaired) electrons. The third-order valence-corrected chi connectivity index (χ3v) is 7.00. The van der Waals surface area contributed by atoms with Gasteiger partial charge in [0.05, 0.1) is 5.56 Å². The first kappa shape index (κ1) is 26.9. The van der Waals surface area contributed by atoms with Crippen LogP contribution >= 0.6 is 11.6 Å². The van der Waals surface area contributed by atoms with Gasteiger partial charge in [0.1, 0.15) is 0 Å². The Labute approximate surface area is 213 Å². The summed E-state index contributed by atoms with van der Waals surface area (Å²) in [5.41, 5.74) is 1.22. The lowest BCUT2D eigenvalue weighted by atomic mass is 9.85. The number of carbonyl (C=O) groups excluding carboxylic acids is 3. The second kappa shape index (κ2) is 14.7. The Morgan fingerprint density at radius 2 is 1.40 bits per heavy atom. The summed E-state index contributed by atoms with van der Waals surface area (Å²) in [6.45, 7) is 0.428. The molecule has 0 N–H and O–H groups in total. The Kier molecular flexibility index (Phi) is 11.3. The van der Waals surface area contributed by atoms with Crippen molar-refractivity contribution in [3.63, 3.8) is 0 Å². The molecular weight excluding hydrogens is 462 g/mol. The van der Waals surface area contributed by atoms with Crippen LogP contribution in [0.4, 0.5) is 10.5 Å². The molecule has 1 aliphatic rings. The van der Waals surface area contributed by atoms with Gasteiger partial charge >= 0.3 is 12.1 Å². The Bertz CT molecular complexity index is 939. The number of nitrogens with zero attached hydrogens (tertiary/aromatic N) is 1. The maximum absolute atomic E-state index is 12.9. The SMILES string of the molecule is O=C(Cl)c1ccc(N(CCCCCCCCC2CCCCC2)C(=O)OC(=O)c2ccccc2)cc1. The second-order valence-corrected chi connectivity index (χ2v) is 9.75. The van der Waals surface area contributed by atoms with Gasteiger partial charge in [-0.15, -0.1) is 0 Å². The van der Waals surface area contributed by atoms with Crippen molar-refractivity contribution < 1.29 is 19.1 Å². The summed E-state index contributed by atoms with van der Waals surface area (Å²) >= 11 is 5.54. The average molecular weight is 498 g/mol. The van der Waals surface area contributed by atoms with Crippen LogP contribution in [0.5, 0.6) is 0 Å². The van der Waals surface area contributed by atoms with Crippen molar-refractivity contribution in [1.29, 1.82) is 0 Å². The lowest BCUT2D eigenvalue weighted by molar-refractivity contribution is 0.0633. The van der Waals surface area contributed by atoms with Crippen LogP contribution in [0.2, 0.25) is 0 Å². The molecule has 1 fully saturated rings. The highest BCUT2D eigenvalue weighted by atomic mass is 35.5. The molecule has 1 aliphatic carbocycles. The fourth-order valence-electron chi connectivity index (χ4n) is 4.75. The molecule has 3 rings (SSSR count). The lowest BCUT2D eigenvalue weighted by Gasteiger charge is -2.22. The van der Waals surface area contributed by atoms with Gasteiger partial charge in [0.25, 0.3) is 5.24 Å². The predicted molar refractivity (Wildman–Crippen MR) is 140 cm³/mol. The lowest BCUT2D eigenvalue weighted by Crippen LogP contribution is -2.34. The van der Waals surface area contributed by atoms with E-state index in [1.165, 1.54) is 62.7 Å². The highest BCUT2D eigenvalue weighted by Gasteiger charge is 2.21. The van der Waals surface area contributed by atoms with E-state index in [1.54, 1.807) is 54.6 Å². The number of ether oxygens (including phenoxy) is 1. The monoisotopic (exact) mass is 497 g/mol. The number of esters is 1. The summed E-state index contributed by atoms with van der Waals surface area (Å²) in [6, 6.07) is 14.9. The number of carbonyl (C=O) groups is 3. The largest absolute Gasteiger partial charge is 0.422 e. The molecule has 0 bridgehead atoms. The van der Waals surface area contributed by atoms with Crippen LogP contribution in [0.25, 0.3) is 0 Å². The van der Waals surface area contributed by atoms with Crippen LogP contribution in [0.3, 0.4) is 0 Å². The zero-order valence-electron chi connectivity index (χ0n) is 20.4. The van der Waals surface area contributed by atoms with E-state index >= 15 is 0 Å². The molecule has 2 aromatic rings. The fraction of sp³-hybridized carbons (Fsp3) is 0.483. The Morgan fingerprint density at radius 1 is 0.771 bits per heavy atom. The van der Waals surface area contributed by atoms with Crippen LogP contribution in [0.1, 0.15) is 97.8 Å². The van der Waals surface area contributed by atoms with E-state index in [9.17, 15) is 14.4 Å². The minimum atomic E-state index is -0.726. The summed E-state index contributed by atoms with van der Waals surface area (Å²) in [6.07, 6.45) is 14.4. The van der Waals surface area contributed by atoms with E-state index in [0.717, 1.165) is 25.2 Å². The average Bonchev–Trinajstić information content (AvgIpc) is 2.89. The number of halogens is 1. The van der Waals surface area contributed by atoms with Gasteiger partial charge in [-0.05, 0) is 60.3 Å². The van der Waals surface area contributed by atoms with E-state index in [4.69, 9.17) is 16.3 Å². The van der Waals surface area contributed by atoms with Crippen LogP contribution < -0.4 is 4.90 Å². The Balaban J connectivity index is 1.47. The maximum Gasteiger partial charge on any atom is 0.422 e. The van der Waals surface area contributed by atoms with Crippen molar-refractivity contribution in [1.82, 2.24) is 0 Å². The Hall–Kier alpha value is -2.66. The van der Waals surface area contributed by atoms with Crippen LogP contribution in [0, 0.1) is 5.92 Å². The van der Waals surface area contributed by atoms with Gasteiger partial charge in [0.2, 0.25) is 0 Å². The first-order valence-corrected chi connectivity index (χ1v) is 13.3. The smallest absolute Gasteiger partial charge is 0.372 e. The molecule has 0 spiro atoms. The zero-order valence-corrected chi connectivity index (χ0v) is 21.2. The molecule has 2 aromatic carbocycles. The van der Waals surface area contributed by atoms with E-state index < -0.39 is 17.3 Å². The first-order chi connectivity index (χ1) is 17.0. The normalized spacial score (nSPS) is 13.9. The first-order valence-electron chi connectivity index (χ1n) is 12.9. The molecule has 188 valence electrons. The van der Waals surface area contributed by atoms with Gasteiger partial charge in [0, 0.05) is 17.8 Å². The van der Waals surface area contributed by atoms with Crippen molar-refractivity contribution in [3.05, 3.63) is 65.7 Å². The van der Waals surface area contributed by atoms with E-state index in [2.05, 4.69) is 0 Å². The third kappa shape index (κ3) is 9.14. The quantitative estimate of drug-likeness (QED) is 0.128. The van der Waals surface area contributed by atoms with Gasteiger partial charge in [0.15, 0.2) is 0 Å². The second-order valence-electron chi connectivity index (χ2n) is 9.41. The standard InChI is InChI=1S/C29H36ClNO4/c30-27(32)24-18-20-26(21-19-24)31(29(34)35-28(33)25-16-10-6-11-17-25)22-12-4-2-1-3-7-13-23-14-8-5-9-15-23/h6,10-11,16-21,23H,1-5,7-9,12-15,22H2. The highest BCUT2D eigenvalue weighted by molar-refractivity contribution is 6.67. The summed E-state index contributed by atoms with van der Waals surface area (Å²) in [5, 5.41) is -0.562. The van der Waals surface area contributed by atoms with Crippen molar-refractivity contribution in [2.45, 2.75) is 77.0 Å². The molecule has 0 aromatic heterocycles. The number of amides is 1. The van der Waals surface area contributed by atoms with Gasteiger partial charge in [-0.25, -0.2) is 9.59 Å². The fourth-order valence-corrected chi connectivity index (χ4v) is 4.88. The van der Waals surface area contributed by atoms with Crippen molar-refractivity contribution >= 4 is 34.6 Å². The number of hydrogen-bond acceptors (Lipinski definition) is 4. The third-order valence-electron chi connectivity index (χ3n) is 6.78. The van der Waals surface area contributed by atoms with Crippen molar-refractivity contribution in [2.24, 2.45) is 5.92 Å². The zero-order chi connectivity index (χ0) is 24.9. The van der Waals surface area contributed by atoms with Crippen LogP contribution in [0.15, 0.2) is 54.6 Å². The van der Waals surface area contributed by atoms with E-state index in [1.807, 2.05) is 0 Å². The molecule has 0 saturated heterocycles. The predicted octanol–water partition coefficient (Wildman–Crippen LogP) is 8.16. The minimum Gasteiger partial charge on any atom is -0.372 e. The number of rotatable bonds is 12. The number of unbranched alkanes of at least 4 members (excludes halogenated alkanes) is 5. The van der Waals surface area contributed by atoms with Gasteiger partial charge in [-0.1, -0.05) is 88.8 Å². The summed E-state index contributed by atoms with van der Waals surface area (Å²) in [4.78, 5) is 38.1. The molecule has 0 unspecified atom stereocenters. The molecular formula is C29H36ClNO4. The van der Waals surface area contributed by atoms with Gasteiger partial charge in [-0.3, -0.25) is 9.69 Å². The van der Waals surface area contributed by atoms with Crippen LogP contribution in [-0.2, 0) is 4.74 Å². The maximum atomic E-state index is 12.9. The van der Waals surface area contributed by atoms with E-state index in [-0.39, 0.29) is 0 Å². The molecule has 1 amide bonds. The molecule has 6 heteroatoms. The molecule has 35 heavy (non-hydrogen) atoms. The number of anilines is 1. The summed E-state index contributed by atoms with van der Waals surface area (Å²) in [5.74, 6) is 0.258. The van der Waals surface area contributed by atoms with E-state index in [0.29, 0.717) is 23.4 Å². The van der Waals surface area contributed by atoms with Gasteiger partial charge in [-0.2, -0.15) is 0 Å². The Morgan fingerprint density at radius 3 is 2.06 bits per heavy atom. The molecule has 1 saturated carbocycles. The number of benzene rings is 2. The molecule has 0 atom stereocenters. The topological polar surface area (TPSA) is 63.7 Å². The van der Waals surface area contributed by atoms with Crippen molar-refractivity contribution in [3.8, 4) is 0 Å². The van der Waals surface area contributed by atoms with Gasteiger partial charge < -0.3 is 4.74 Å². The molecule has 0 heterocycles. The number of hydrogen-bond donors (Lipinski definition) is 0. The summed E-state index contributed by atoms with van der Waals surface area (Å²) in [7, 11) is 0. The summed E-state index contributed by atoms with van der Waals surface area (Å²) < 4.78 is 5.15. The molecule has 0 aliphatic heterocycles. The minimum absolute atomic E-state index is 0.317.